The van der Waals surface area contributed by atoms with Gasteiger partial charge in [-0.1, -0.05) is 18.2 Å². The Morgan fingerprint density at radius 3 is 2.60 bits per heavy atom. The molecule has 1 aliphatic heterocycles. The molecule has 0 aliphatic carbocycles. The van der Waals surface area contributed by atoms with Crippen molar-refractivity contribution in [2.45, 2.75) is 32.7 Å². The van der Waals surface area contributed by atoms with Crippen molar-refractivity contribution in [3.05, 3.63) is 35.4 Å². The highest BCUT2D eigenvalue weighted by molar-refractivity contribution is 5.74. The van der Waals surface area contributed by atoms with Gasteiger partial charge >= 0.3 is 5.97 Å². The molecule has 110 valence electrons. The number of hydrogen-bond acceptors (Lipinski definition) is 2. The van der Waals surface area contributed by atoms with E-state index in [4.69, 9.17) is 5.11 Å². The number of carboxylic acid groups (broad SMARTS) is 1. The molecule has 0 aromatic heterocycles. The maximum atomic E-state index is 12.6. The molecule has 0 atom stereocenters. The summed E-state index contributed by atoms with van der Waals surface area (Å²) in [5, 5.41) is 9.17. The Morgan fingerprint density at radius 1 is 1.40 bits per heavy atom. The van der Waals surface area contributed by atoms with Crippen LogP contribution in [-0.2, 0) is 11.3 Å². The van der Waals surface area contributed by atoms with Crippen molar-refractivity contribution < 1.29 is 18.7 Å². The molecule has 20 heavy (non-hydrogen) atoms. The molecule has 3 nitrogen and oxygen atoms in total. The average Bonchev–Trinajstić information content (AvgIpc) is 2.42. The zero-order valence-electron chi connectivity index (χ0n) is 11.5. The van der Waals surface area contributed by atoms with Gasteiger partial charge in [-0.15, -0.1) is 0 Å². The molecule has 0 radical (unpaired) electrons. The number of likely N-dealkylation sites (tertiary alicyclic amines) is 1. The van der Waals surface area contributed by atoms with Gasteiger partial charge < -0.3 is 5.11 Å². The van der Waals surface area contributed by atoms with Gasteiger partial charge in [0.25, 0.3) is 6.43 Å². The van der Waals surface area contributed by atoms with Gasteiger partial charge in [-0.2, -0.15) is 0 Å². The lowest BCUT2D eigenvalue weighted by Crippen LogP contribution is -2.42. The summed E-state index contributed by atoms with van der Waals surface area (Å²) in [4.78, 5) is 13.3. The predicted octanol–water partition coefficient (Wildman–Crippen LogP) is 3.31. The summed E-state index contributed by atoms with van der Waals surface area (Å²) in [6.07, 6.45) is -1.26. The molecule has 0 spiro atoms. The van der Waals surface area contributed by atoms with Crippen molar-refractivity contribution in [1.82, 2.24) is 4.90 Å². The first-order chi connectivity index (χ1) is 9.40. The smallest absolute Gasteiger partial charge is 0.309 e. The molecule has 2 rings (SSSR count). The fourth-order valence-electron chi connectivity index (χ4n) is 2.50. The first-order valence-electron chi connectivity index (χ1n) is 6.73. The van der Waals surface area contributed by atoms with Crippen LogP contribution in [0.4, 0.5) is 8.78 Å². The largest absolute Gasteiger partial charge is 0.481 e. The van der Waals surface area contributed by atoms with E-state index in [9.17, 15) is 13.6 Å². The topological polar surface area (TPSA) is 40.5 Å². The summed E-state index contributed by atoms with van der Waals surface area (Å²) in [7, 11) is 0. The van der Waals surface area contributed by atoms with Gasteiger partial charge in [-0.25, -0.2) is 8.78 Å². The molecule has 0 amide bonds. The van der Waals surface area contributed by atoms with Crippen LogP contribution in [0.1, 0.15) is 37.3 Å². The number of aliphatic carboxylic acids is 1. The number of carbonyl (C=O) groups is 1. The first-order valence-corrected chi connectivity index (χ1v) is 6.73. The number of alkyl halides is 2. The van der Waals surface area contributed by atoms with Crippen molar-refractivity contribution in [3.8, 4) is 0 Å². The molecule has 0 unspecified atom stereocenters. The summed E-state index contributed by atoms with van der Waals surface area (Å²) < 4.78 is 25.3. The fraction of sp³-hybridized carbons (Fsp3) is 0.533. The van der Waals surface area contributed by atoms with Gasteiger partial charge in [0.1, 0.15) is 0 Å². The van der Waals surface area contributed by atoms with Crippen LogP contribution in [0.25, 0.3) is 0 Å². The molecular formula is C15H19F2NO2. The molecule has 1 aromatic rings. The second-order valence-corrected chi connectivity index (χ2v) is 5.69. The van der Waals surface area contributed by atoms with Crippen molar-refractivity contribution in [3.63, 3.8) is 0 Å². The van der Waals surface area contributed by atoms with E-state index in [-0.39, 0.29) is 5.56 Å². The van der Waals surface area contributed by atoms with E-state index in [0.717, 1.165) is 5.56 Å². The van der Waals surface area contributed by atoms with Crippen LogP contribution in [0.15, 0.2) is 24.3 Å². The van der Waals surface area contributed by atoms with Crippen LogP contribution in [0.5, 0.6) is 0 Å². The second kappa shape index (κ2) is 5.87. The van der Waals surface area contributed by atoms with Gasteiger partial charge in [-0.05, 0) is 44.5 Å². The Bertz CT molecular complexity index is 483. The van der Waals surface area contributed by atoms with Crippen molar-refractivity contribution in [1.29, 1.82) is 0 Å². The average molecular weight is 283 g/mol. The number of hydrogen-bond donors (Lipinski definition) is 1. The van der Waals surface area contributed by atoms with E-state index >= 15 is 0 Å². The van der Waals surface area contributed by atoms with Crippen LogP contribution >= 0.6 is 0 Å². The summed E-state index contributed by atoms with van der Waals surface area (Å²) in [5.41, 5.74) is 0.234. The van der Waals surface area contributed by atoms with Crippen LogP contribution in [-0.4, -0.2) is 29.1 Å². The van der Waals surface area contributed by atoms with E-state index < -0.39 is 17.8 Å². The molecule has 5 heteroatoms. The Hall–Kier alpha value is -1.49. The third-order valence-electron chi connectivity index (χ3n) is 4.09. The van der Waals surface area contributed by atoms with Gasteiger partial charge in [0, 0.05) is 12.1 Å². The lowest BCUT2D eigenvalue weighted by Gasteiger charge is -2.36. The van der Waals surface area contributed by atoms with Crippen LogP contribution in [0.3, 0.4) is 0 Å². The van der Waals surface area contributed by atoms with Gasteiger partial charge in [-0.3, -0.25) is 9.69 Å². The summed E-state index contributed by atoms with van der Waals surface area (Å²) in [6, 6.07) is 6.42. The number of benzene rings is 1. The number of carboxylic acids is 1. The number of piperidine rings is 1. The molecule has 1 aromatic carbocycles. The standard InChI is InChI=1S/C15H19F2NO2/c1-15(14(19)20)5-7-18(8-6-15)10-11-3-2-4-12(9-11)13(16)17/h2-4,9,13H,5-8,10H2,1H3,(H,19,20). The summed E-state index contributed by atoms with van der Waals surface area (Å²) in [6.45, 7) is 3.73. The van der Waals surface area contributed by atoms with Gasteiger partial charge in [0.15, 0.2) is 0 Å². The lowest BCUT2D eigenvalue weighted by atomic mass is 9.80. The van der Waals surface area contributed by atoms with Crippen molar-refractivity contribution >= 4 is 5.97 Å². The number of rotatable bonds is 4. The van der Waals surface area contributed by atoms with Crippen molar-refractivity contribution in [2.24, 2.45) is 5.41 Å². The normalized spacial score (nSPS) is 19.2. The maximum Gasteiger partial charge on any atom is 0.309 e. The Kier molecular flexibility index (Phi) is 4.38. The minimum absolute atomic E-state index is 0.0369. The third-order valence-corrected chi connectivity index (χ3v) is 4.09. The highest BCUT2D eigenvalue weighted by Gasteiger charge is 2.36. The van der Waals surface area contributed by atoms with E-state index in [1.165, 1.54) is 12.1 Å². The number of nitrogens with zero attached hydrogens (tertiary/aromatic N) is 1. The minimum atomic E-state index is -2.45. The zero-order chi connectivity index (χ0) is 14.8. The molecule has 1 fully saturated rings. The Morgan fingerprint density at radius 2 is 2.05 bits per heavy atom. The van der Waals surface area contributed by atoms with E-state index in [2.05, 4.69) is 4.90 Å². The summed E-state index contributed by atoms with van der Waals surface area (Å²) >= 11 is 0. The highest BCUT2D eigenvalue weighted by atomic mass is 19.3. The first kappa shape index (κ1) is 14.9. The molecule has 1 N–H and O–H groups in total. The third kappa shape index (κ3) is 3.33. The fourth-order valence-corrected chi connectivity index (χ4v) is 2.50. The lowest BCUT2D eigenvalue weighted by molar-refractivity contribution is -0.150. The maximum absolute atomic E-state index is 12.6. The van der Waals surface area contributed by atoms with E-state index in [1.807, 2.05) is 6.07 Å². The van der Waals surface area contributed by atoms with E-state index in [0.29, 0.717) is 32.5 Å². The molecule has 1 saturated heterocycles. The van der Waals surface area contributed by atoms with Gasteiger partial charge in [0.05, 0.1) is 5.41 Å². The molecular weight excluding hydrogens is 264 g/mol. The SMILES string of the molecule is CC1(C(=O)O)CCN(Cc2cccc(C(F)F)c2)CC1. The Labute approximate surface area is 117 Å². The van der Waals surface area contributed by atoms with Crippen LogP contribution in [0.2, 0.25) is 0 Å². The highest BCUT2D eigenvalue weighted by Crippen LogP contribution is 2.31. The van der Waals surface area contributed by atoms with Crippen LogP contribution < -0.4 is 0 Å². The van der Waals surface area contributed by atoms with Crippen molar-refractivity contribution in [2.75, 3.05) is 13.1 Å². The quantitative estimate of drug-likeness (QED) is 0.921. The second-order valence-electron chi connectivity index (χ2n) is 5.69. The summed E-state index contributed by atoms with van der Waals surface area (Å²) in [5.74, 6) is -0.753. The number of halogens is 2. The van der Waals surface area contributed by atoms with Crippen LogP contribution in [0, 0.1) is 5.41 Å². The van der Waals surface area contributed by atoms with Gasteiger partial charge in [0.2, 0.25) is 0 Å². The van der Waals surface area contributed by atoms with E-state index in [1.54, 1.807) is 13.0 Å². The predicted molar refractivity (Wildman–Crippen MR) is 71.7 cm³/mol. The molecule has 1 aliphatic rings. The Balaban J connectivity index is 1.96. The monoisotopic (exact) mass is 283 g/mol. The molecule has 1 heterocycles. The molecule has 0 bridgehead atoms. The molecule has 0 saturated carbocycles. The minimum Gasteiger partial charge on any atom is -0.481 e. The zero-order valence-corrected chi connectivity index (χ0v) is 11.5.